The van der Waals surface area contributed by atoms with Gasteiger partial charge >= 0.3 is 0 Å². The molecular formula is C17H22N6O2. The lowest BCUT2D eigenvalue weighted by atomic mass is 10.3. The summed E-state index contributed by atoms with van der Waals surface area (Å²) in [7, 11) is 0. The van der Waals surface area contributed by atoms with Gasteiger partial charge in [0, 0.05) is 36.5 Å². The first-order chi connectivity index (χ1) is 12.1. The van der Waals surface area contributed by atoms with E-state index in [2.05, 4.69) is 25.2 Å². The van der Waals surface area contributed by atoms with E-state index in [-0.39, 0.29) is 18.8 Å². The molecule has 132 valence electrons. The fraction of sp³-hybridized carbons (Fsp3) is 0.471. The third-order valence-corrected chi connectivity index (χ3v) is 4.78. The number of anilines is 3. The second-order valence-corrected chi connectivity index (χ2v) is 6.80. The highest BCUT2D eigenvalue weighted by molar-refractivity contribution is 5.57. The van der Waals surface area contributed by atoms with Crippen molar-refractivity contribution in [3.8, 4) is 5.88 Å². The van der Waals surface area contributed by atoms with Gasteiger partial charge in [-0.2, -0.15) is 4.98 Å². The number of aryl methyl sites for hydroxylation is 1. The SMILES string of the molecule is Cc1cnc(Nc2ccc(OCCO)nc2)nc1N1CC2CC2(N)C1. The Morgan fingerprint density at radius 3 is 2.96 bits per heavy atom. The van der Waals surface area contributed by atoms with Crippen LogP contribution >= 0.6 is 0 Å². The summed E-state index contributed by atoms with van der Waals surface area (Å²) in [4.78, 5) is 15.4. The Bertz CT molecular complexity index is 768. The molecule has 2 fully saturated rings. The Labute approximate surface area is 146 Å². The first-order valence-electron chi connectivity index (χ1n) is 8.41. The fourth-order valence-corrected chi connectivity index (χ4v) is 3.32. The predicted octanol–water partition coefficient (Wildman–Crippen LogP) is 0.832. The monoisotopic (exact) mass is 342 g/mol. The molecule has 25 heavy (non-hydrogen) atoms. The summed E-state index contributed by atoms with van der Waals surface area (Å²) in [5.74, 6) is 2.52. The van der Waals surface area contributed by atoms with E-state index in [1.165, 1.54) is 0 Å². The van der Waals surface area contributed by atoms with Crippen LogP contribution in [0.1, 0.15) is 12.0 Å². The van der Waals surface area contributed by atoms with E-state index in [1.807, 2.05) is 19.2 Å². The minimum Gasteiger partial charge on any atom is -0.475 e. The number of nitrogens with two attached hydrogens (primary N) is 1. The standard InChI is InChI=1S/C17H22N6O2/c1-11-7-20-16(21-13-2-3-14(19-8-13)25-5-4-24)22-15(11)23-9-12-6-17(12,18)10-23/h2-3,7-8,12,24H,4-6,9-10,18H2,1H3,(H,20,21,22). The molecule has 0 bridgehead atoms. The lowest BCUT2D eigenvalue weighted by Gasteiger charge is -2.22. The summed E-state index contributed by atoms with van der Waals surface area (Å²) in [6.45, 7) is 4.02. The van der Waals surface area contributed by atoms with Crippen LogP contribution in [0.15, 0.2) is 24.5 Å². The van der Waals surface area contributed by atoms with E-state index in [0.29, 0.717) is 17.7 Å². The van der Waals surface area contributed by atoms with Crippen molar-refractivity contribution in [2.24, 2.45) is 11.7 Å². The number of piperidine rings is 1. The minimum atomic E-state index is -0.0386. The summed E-state index contributed by atoms with van der Waals surface area (Å²) in [5, 5.41) is 11.9. The van der Waals surface area contributed by atoms with Crippen LogP contribution in [0, 0.1) is 12.8 Å². The molecular weight excluding hydrogens is 320 g/mol. The molecule has 1 saturated heterocycles. The van der Waals surface area contributed by atoms with Gasteiger partial charge in [0.2, 0.25) is 11.8 Å². The Morgan fingerprint density at radius 2 is 2.28 bits per heavy atom. The molecule has 0 amide bonds. The maximum atomic E-state index is 8.76. The average molecular weight is 342 g/mol. The van der Waals surface area contributed by atoms with Gasteiger partial charge in [-0.1, -0.05) is 0 Å². The van der Waals surface area contributed by atoms with Gasteiger partial charge in [0.25, 0.3) is 0 Å². The molecule has 8 nitrogen and oxygen atoms in total. The third-order valence-electron chi connectivity index (χ3n) is 4.78. The van der Waals surface area contributed by atoms with Crippen LogP contribution in [0.5, 0.6) is 5.88 Å². The first kappa shape index (κ1) is 16.0. The molecule has 8 heteroatoms. The van der Waals surface area contributed by atoms with Crippen molar-refractivity contribution in [1.82, 2.24) is 15.0 Å². The van der Waals surface area contributed by atoms with Gasteiger partial charge in [-0.25, -0.2) is 9.97 Å². The zero-order valence-electron chi connectivity index (χ0n) is 14.1. The van der Waals surface area contributed by atoms with Crippen molar-refractivity contribution in [1.29, 1.82) is 0 Å². The van der Waals surface area contributed by atoms with Crippen LogP contribution in [-0.2, 0) is 0 Å². The summed E-state index contributed by atoms with van der Waals surface area (Å²) in [5.41, 5.74) is 8.10. The molecule has 2 aromatic rings. The van der Waals surface area contributed by atoms with Crippen LogP contribution in [0.25, 0.3) is 0 Å². The molecule has 4 rings (SSSR count). The molecule has 4 N–H and O–H groups in total. The molecule has 2 aromatic heterocycles. The lowest BCUT2D eigenvalue weighted by Crippen LogP contribution is -2.34. The maximum Gasteiger partial charge on any atom is 0.229 e. The average Bonchev–Trinajstić information content (AvgIpc) is 3.13. The van der Waals surface area contributed by atoms with Crippen molar-refractivity contribution in [3.05, 3.63) is 30.1 Å². The van der Waals surface area contributed by atoms with E-state index >= 15 is 0 Å². The first-order valence-corrected chi connectivity index (χ1v) is 8.41. The summed E-state index contributed by atoms with van der Waals surface area (Å²) in [6.07, 6.45) is 4.59. The molecule has 0 aromatic carbocycles. The van der Waals surface area contributed by atoms with E-state index in [0.717, 1.165) is 36.6 Å². The Hall–Kier alpha value is -2.45. The molecule has 3 heterocycles. The number of aliphatic hydroxyl groups is 1. The number of nitrogens with one attached hydrogen (secondary N) is 1. The van der Waals surface area contributed by atoms with Gasteiger partial charge in [-0.05, 0) is 25.3 Å². The van der Waals surface area contributed by atoms with Gasteiger partial charge in [-0.15, -0.1) is 0 Å². The van der Waals surface area contributed by atoms with E-state index < -0.39 is 0 Å². The van der Waals surface area contributed by atoms with Crippen molar-refractivity contribution < 1.29 is 9.84 Å². The predicted molar refractivity (Wildman–Crippen MR) is 94.1 cm³/mol. The molecule has 2 atom stereocenters. The molecule has 2 aliphatic rings. The summed E-state index contributed by atoms with van der Waals surface area (Å²) in [6, 6.07) is 3.57. The Morgan fingerprint density at radius 1 is 1.40 bits per heavy atom. The van der Waals surface area contributed by atoms with E-state index in [9.17, 15) is 0 Å². The van der Waals surface area contributed by atoms with E-state index in [4.69, 9.17) is 15.6 Å². The lowest BCUT2D eigenvalue weighted by molar-refractivity contribution is 0.196. The molecule has 2 unspecified atom stereocenters. The van der Waals surface area contributed by atoms with Gasteiger partial charge < -0.3 is 25.8 Å². The van der Waals surface area contributed by atoms with Crippen molar-refractivity contribution in [2.45, 2.75) is 18.9 Å². The number of hydrogen-bond donors (Lipinski definition) is 3. The van der Waals surface area contributed by atoms with Gasteiger partial charge in [-0.3, -0.25) is 0 Å². The zero-order valence-corrected chi connectivity index (χ0v) is 14.1. The van der Waals surface area contributed by atoms with Crippen molar-refractivity contribution in [2.75, 3.05) is 36.5 Å². The van der Waals surface area contributed by atoms with Crippen LogP contribution < -0.4 is 20.7 Å². The topological polar surface area (TPSA) is 109 Å². The van der Waals surface area contributed by atoms with Crippen molar-refractivity contribution in [3.63, 3.8) is 0 Å². The number of pyridine rings is 1. The number of fused-ring (bicyclic) bond motifs is 1. The third kappa shape index (κ3) is 3.22. The van der Waals surface area contributed by atoms with Gasteiger partial charge in [0.15, 0.2) is 0 Å². The van der Waals surface area contributed by atoms with Crippen LogP contribution in [0.2, 0.25) is 0 Å². The summed E-state index contributed by atoms with van der Waals surface area (Å²) < 4.78 is 5.25. The van der Waals surface area contributed by atoms with Gasteiger partial charge in [0.1, 0.15) is 12.4 Å². The number of aliphatic hydroxyl groups excluding tert-OH is 1. The highest BCUT2D eigenvalue weighted by Crippen LogP contribution is 2.48. The minimum absolute atomic E-state index is 0.0146. The number of nitrogens with zero attached hydrogens (tertiary/aromatic N) is 4. The van der Waals surface area contributed by atoms with E-state index in [1.54, 1.807) is 12.3 Å². The number of rotatable bonds is 6. The fourth-order valence-electron chi connectivity index (χ4n) is 3.32. The van der Waals surface area contributed by atoms with Crippen LogP contribution in [0.4, 0.5) is 17.5 Å². The quantitative estimate of drug-likeness (QED) is 0.708. The van der Waals surface area contributed by atoms with Crippen molar-refractivity contribution >= 4 is 17.5 Å². The highest BCUT2D eigenvalue weighted by atomic mass is 16.5. The van der Waals surface area contributed by atoms with Crippen LogP contribution in [-0.4, -0.2) is 51.9 Å². The second kappa shape index (κ2) is 6.12. The molecule has 0 radical (unpaired) electrons. The molecule has 1 aliphatic heterocycles. The largest absolute Gasteiger partial charge is 0.475 e. The molecule has 1 saturated carbocycles. The smallest absolute Gasteiger partial charge is 0.229 e. The molecule has 1 aliphatic carbocycles. The molecule has 0 spiro atoms. The number of hydrogen-bond acceptors (Lipinski definition) is 8. The zero-order chi connectivity index (χ0) is 17.4. The van der Waals surface area contributed by atoms with Crippen LogP contribution in [0.3, 0.4) is 0 Å². The normalized spacial score (nSPS) is 24.1. The Kier molecular flexibility index (Phi) is 3.93. The highest BCUT2D eigenvalue weighted by Gasteiger charge is 2.57. The van der Waals surface area contributed by atoms with Gasteiger partial charge in [0.05, 0.1) is 18.5 Å². The summed E-state index contributed by atoms with van der Waals surface area (Å²) >= 11 is 0. The number of aromatic nitrogens is 3. The second-order valence-electron chi connectivity index (χ2n) is 6.80. The maximum absolute atomic E-state index is 8.76. The number of ether oxygens (including phenoxy) is 1. The Balaban J connectivity index is 1.47.